The highest BCUT2D eigenvalue weighted by Crippen LogP contribution is 2.39. The van der Waals surface area contributed by atoms with Gasteiger partial charge in [-0.05, 0) is 39.4 Å². The molecule has 21 heavy (non-hydrogen) atoms. The van der Waals surface area contributed by atoms with Gasteiger partial charge in [0.05, 0.1) is 0 Å². The van der Waals surface area contributed by atoms with Gasteiger partial charge in [-0.3, -0.25) is 4.68 Å². The van der Waals surface area contributed by atoms with Gasteiger partial charge in [0.2, 0.25) is 0 Å². The van der Waals surface area contributed by atoms with E-state index < -0.39 is 0 Å². The Balaban J connectivity index is 2.26. The lowest BCUT2D eigenvalue weighted by molar-refractivity contribution is 0.0369. The quantitative estimate of drug-likeness (QED) is 0.869. The summed E-state index contributed by atoms with van der Waals surface area (Å²) in [5, 5.41) is 7.96. The van der Waals surface area contributed by atoms with Gasteiger partial charge in [-0.2, -0.15) is 5.10 Å². The predicted octanol–water partition coefficient (Wildman–Crippen LogP) is 1.85. The van der Waals surface area contributed by atoms with E-state index in [2.05, 4.69) is 48.2 Å². The molecule has 5 nitrogen and oxygen atoms in total. The van der Waals surface area contributed by atoms with E-state index in [1.165, 1.54) is 25.7 Å². The van der Waals surface area contributed by atoms with E-state index in [1.807, 2.05) is 11.7 Å². The van der Waals surface area contributed by atoms with Gasteiger partial charge in [0, 0.05) is 25.0 Å². The summed E-state index contributed by atoms with van der Waals surface area (Å²) in [4.78, 5) is 6.89. The number of hydrogen-bond donors (Lipinski definition) is 1. The fourth-order valence-corrected chi connectivity index (χ4v) is 3.98. The number of nitrogens with zero attached hydrogens (tertiary/aromatic N) is 4. The molecular formula is C16H31N5. The Hall–Kier alpha value is -0.940. The van der Waals surface area contributed by atoms with Gasteiger partial charge in [0.15, 0.2) is 0 Å². The minimum absolute atomic E-state index is 0.222. The Bertz CT molecular complexity index is 442. The van der Waals surface area contributed by atoms with Crippen LogP contribution < -0.4 is 5.32 Å². The molecule has 0 saturated heterocycles. The van der Waals surface area contributed by atoms with Crippen molar-refractivity contribution in [2.24, 2.45) is 13.0 Å². The van der Waals surface area contributed by atoms with Gasteiger partial charge in [-0.25, -0.2) is 4.98 Å². The zero-order chi connectivity index (χ0) is 15.5. The molecule has 0 aliphatic heterocycles. The summed E-state index contributed by atoms with van der Waals surface area (Å²) >= 11 is 0. The van der Waals surface area contributed by atoms with Crippen LogP contribution in [0.2, 0.25) is 0 Å². The highest BCUT2D eigenvalue weighted by molar-refractivity contribution is 5.05. The number of nitrogens with one attached hydrogen (secondary N) is 1. The number of aromatic nitrogens is 3. The van der Waals surface area contributed by atoms with Crippen molar-refractivity contribution in [2.45, 2.75) is 57.5 Å². The number of hydrogen-bond acceptors (Lipinski definition) is 4. The SMILES string of the molecule is CCNC(Cc1ncnn1C)C1(N(C)C)CCCC(C)C1. The molecule has 1 aliphatic rings. The fourth-order valence-electron chi connectivity index (χ4n) is 3.98. The highest BCUT2D eigenvalue weighted by atomic mass is 15.3. The maximum Gasteiger partial charge on any atom is 0.138 e. The molecule has 0 spiro atoms. The summed E-state index contributed by atoms with van der Waals surface area (Å²) in [6.45, 7) is 5.58. The summed E-state index contributed by atoms with van der Waals surface area (Å²) in [6, 6.07) is 0.420. The zero-order valence-electron chi connectivity index (χ0n) is 14.3. The molecule has 120 valence electrons. The Morgan fingerprint density at radius 1 is 1.52 bits per heavy atom. The Kier molecular flexibility index (Phi) is 5.38. The lowest BCUT2D eigenvalue weighted by Crippen LogP contribution is -2.61. The molecule has 1 aromatic heterocycles. The number of likely N-dealkylation sites (N-methyl/N-ethyl adjacent to an activating group) is 2. The van der Waals surface area contributed by atoms with Gasteiger partial charge in [-0.1, -0.05) is 26.7 Å². The first kappa shape index (κ1) is 16.4. The van der Waals surface area contributed by atoms with E-state index in [-0.39, 0.29) is 5.54 Å². The maximum atomic E-state index is 4.44. The summed E-state index contributed by atoms with van der Waals surface area (Å²) in [5.74, 6) is 1.86. The van der Waals surface area contributed by atoms with Crippen molar-refractivity contribution >= 4 is 0 Å². The van der Waals surface area contributed by atoms with E-state index in [0.717, 1.165) is 24.7 Å². The normalized spacial score (nSPS) is 28.0. The summed E-state index contributed by atoms with van der Waals surface area (Å²) in [6.07, 6.45) is 7.80. The minimum atomic E-state index is 0.222. The molecular weight excluding hydrogens is 262 g/mol. The summed E-state index contributed by atoms with van der Waals surface area (Å²) < 4.78 is 1.90. The molecule has 1 heterocycles. The van der Waals surface area contributed by atoms with Crippen LogP contribution in [-0.2, 0) is 13.5 Å². The van der Waals surface area contributed by atoms with E-state index in [0.29, 0.717) is 6.04 Å². The molecule has 1 saturated carbocycles. The molecule has 1 aromatic rings. The molecule has 1 N–H and O–H groups in total. The highest BCUT2D eigenvalue weighted by Gasteiger charge is 2.43. The van der Waals surface area contributed by atoms with Crippen molar-refractivity contribution in [1.29, 1.82) is 0 Å². The maximum absolute atomic E-state index is 4.44. The zero-order valence-corrected chi connectivity index (χ0v) is 14.3. The first-order valence-electron chi connectivity index (χ1n) is 8.23. The molecule has 0 bridgehead atoms. The van der Waals surface area contributed by atoms with E-state index in [1.54, 1.807) is 6.33 Å². The van der Waals surface area contributed by atoms with E-state index >= 15 is 0 Å². The van der Waals surface area contributed by atoms with Crippen molar-refractivity contribution in [3.05, 3.63) is 12.2 Å². The van der Waals surface area contributed by atoms with Crippen LogP contribution in [0.15, 0.2) is 6.33 Å². The topological polar surface area (TPSA) is 46.0 Å². The fraction of sp³-hybridized carbons (Fsp3) is 0.875. The van der Waals surface area contributed by atoms with Gasteiger partial charge in [0.25, 0.3) is 0 Å². The minimum Gasteiger partial charge on any atom is -0.312 e. The standard InChI is InChI=1S/C16H31N5/c1-6-17-14(10-15-18-12-19-21(15)5)16(20(3)4)9-7-8-13(2)11-16/h12-14,17H,6-11H2,1-5H3. The smallest absolute Gasteiger partial charge is 0.138 e. The molecule has 3 unspecified atom stereocenters. The lowest BCUT2D eigenvalue weighted by atomic mass is 9.70. The van der Waals surface area contributed by atoms with Crippen molar-refractivity contribution < 1.29 is 0 Å². The molecule has 1 aliphatic carbocycles. The Morgan fingerprint density at radius 2 is 2.29 bits per heavy atom. The first-order valence-corrected chi connectivity index (χ1v) is 8.23. The van der Waals surface area contributed by atoms with E-state index in [9.17, 15) is 0 Å². The summed E-state index contributed by atoms with van der Waals surface area (Å²) in [7, 11) is 6.45. The lowest BCUT2D eigenvalue weighted by Gasteiger charge is -2.50. The Labute approximate surface area is 129 Å². The van der Waals surface area contributed by atoms with Crippen LogP contribution in [0.1, 0.15) is 45.4 Å². The van der Waals surface area contributed by atoms with Crippen LogP contribution >= 0.6 is 0 Å². The first-order chi connectivity index (χ1) is 9.99. The molecule has 0 aromatic carbocycles. The van der Waals surface area contributed by atoms with Gasteiger partial charge in [0.1, 0.15) is 12.2 Å². The third-order valence-electron chi connectivity index (χ3n) is 5.19. The van der Waals surface area contributed by atoms with Gasteiger partial charge >= 0.3 is 0 Å². The number of aryl methyl sites for hydroxylation is 1. The average molecular weight is 293 g/mol. The van der Waals surface area contributed by atoms with Crippen molar-refractivity contribution in [2.75, 3.05) is 20.6 Å². The van der Waals surface area contributed by atoms with E-state index in [4.69, 9.17) is 0 Å². The van der Waals surface area contributed by atoms with Crippen LogP contribution in [0.4, 0.5) is 0 Å². The van der Waals surface area contributed by atoms with Gasteiger partial charge in [-0.15, -0.1) is 0 Å². The van der Waals surface area contributed by atoms with Gasteiger partial charge < -0.3 is 10.2 Å². The van der Waals surface area contributed by atoms with Crippen LogP contribution in [0.3, 0.4) is 0 Å². The average Bonchev–Trinajstić information content (AvgIpc) is 2.83. The monoisotopic (exact) mass is 293 g/mol. The molecule has 1 fully saturated rings. The van der Waals surface area contributed by atoms with Crippen LogP contribution in [0.25, 0.3) is 0 Å². The van der Waals surface area contributed by atoms with Crippen LogP contribution in [-0.4, -0.2) is 51.9 Å². The van der Waals surface area contributed by atoms with Crippen LogP contribution in [0, 0.1) is 5.92 Å². The largest absolute Gasteiger partial charge is 0.312 e. The molecule has 2 rings (SSSR count). The second-order valence-electron chi connectivity index (χ2n) is 6.81. The summed E-state index contributed by atoms with van der Waals surface area (Å²) in [5.41, 5.74) is 0.222. The second-order valence-corrected chi connectivity index (χ2v) is 6.81. The molecule has 5 heteroatoms. The third-order valence-corrected chi connectivity index (χ3v) is 5.19. The molecule has 3 atom stereocenters. The number of rotatable bonds is 6. The van der Waals surface area contributed by atoms with Crippen molar-refractivity contribution in [1.82, 2.24) is 25.0 Å². The molecule has 0 radical (unpaired) electrons. The predicted molar refractivity (Wildman–Crippen MR) is 86.2 cm³/mol. The van der Waals surface area contributed by atoms with Crippen molar-refractivity contribution in [3.8, 4) is 0 Å². The van der Waals surface area contributed by atoms with Crippen LogP contribution in [0.5, 0.6) is 0 Å². The third kappa shape index (κ3) is 3.46. The second kappa shape index (κ2) is 6.88. The van der Waals surface area contributed by atoms with Crippen molar-refractivity contribution in [3.63, 3.8) is 0 Å². The Morgan fingerprint density at radius 3 is 2.81 bits per heavy atom. The molecule has 0 amide bonds.